The molecule has 0 heterocycles. The average molecular weight is 185 g/mol. The molecule has 0 fully saturated rings. The molecule has 0 aromatic heterocycles. The third kappa shape index (κ3) is 6.57. The Kier molecular flexibility index (Phi) is 8.86. The molecule has 2 heteroatoms. The van der Waals surface area contributed by atoms with Crippen LogP contribution in [-0.4, -0.2) is 24.6 Å². The smallest absolute Gasteiger partial charge is 0.0214 e. The highest BCUT2D eigenvalue weighted by Crippen LogP contribution is 2.00. The third-order valence-electron chi connectivity index (χ3n) is 1.72. The highest BCUT2D eigenvalue weighted by molar-refractivity contribution is 7.98. The van der Waals surface area contributed by atoms with Gasteiger partial charge in [0.2, 0.25) is 0 Å². The van der Waals surface area contributed by atoms with Crippen molar-refractivity contribution in [2.24, 2.45) is 0 Å². The maximum Gasteiger partial charge on any atom is 0.0214 e. The zero-order valence-electron chi connectivity index (χ0n) is 8.31. The van der Waals surface area contributed by atoms with Crippen LogP contribution in [-0.2, 0) is 0 Å². The molecular weight excluding hydrogens is 166 g/mol. The summed E-state index contributed by atoms with van der Waals surface area (Å²) in [5.41, 5.74) is 0. The molecule has 1 N–H and O–H groups in total. The third-order valence-corrected chi connectivity index (χ3v) is 2.46. The van der Waals surface area contributed by atoms with E-state index < -0.39 is 0 Å². The van der Waals surface area contributed by atoms with Crippen molar-refractivity contribution in [1.82, 2.24) is 5.32 Å². The number of rotatable bonds is 6. The fourth-order valence-electron chi connectivity index (χ4n) is 0.986. The molecule has 0 saturated carbocycles. The number of nitrogens with one attached hydrogen (secondary N) is 1. The molecule has 70 valence electrons. The van der Waals surface area contributed by atoms with Gasteiger partial charge in [-0.25, -0.2) is 0 Å². The molecule has 0 bridgehead atoms. The first kappa shape index (κ1) is 11.9. The fraction of sp³-hybridized carbons (Fsp3) is 0.800. The number of hydrogen-bond acceptors (Lipinski definition) is 2. The lowest BCUT2D eigenvalue weighted by atomic mass is 10.2. The van der Waals surface area contributed by atoms with Gasteiger partial charge in [0.25, 0.3) is 0 Å². The topological polar surface area (TPSA) is 12.0 Å². The minimum Gasteiger partial charge on any atom is -0.312 e. The molecule has 12 heavy (non-hydrogen) atoms. The summed E-state index contributed by atoms with van der Waals surface area (Å²) in [6.07, 6.45) is 4.33. The zero-order valence-corrected chi connectivity index (χ0v) is 9.13. The van der Waals surface area contributed by atoms with Gasteiger partial charge in [0.05, 0.1) is 0 Å². The van der Waals surface area contributed by atoms with E-state index in [0.29, 0.717) is 6.04 Å². The first-order chi connectivity index (χ1) is 5.85. The Morgan fingerprint density at radius 1 is 1.50 bits per heavy atom. The van der Waals surface area contributed by atoms with E-state index >= 15 is 0 Å². The maximum atomic E-state index is 3.48. The summed E-state index contributed by atoms with van der Waals surface area (Å²) in [6.45, 7) is 5.14. The van der Waals surface area contributed by atoms with Gasteiger partial charge in [-0.1, -0.05) is 6.92 Å². The summed E-state index contributed by atoms with van der Waals surface area (Å²) < 4.78 is 0. The summed E-state index contributed by atoms with van der Waals surface area (Å²) in [7, 11) is 0. The average Bonchev–Trinajstić information content (AvgIpc) is 2.10. The van der Waals surface area contributed by atoms with Crippen LogP contribution in [0.1, 0.15) is 26.7 Å². The van der Waals surface area contributed by atoms with Gasteiger partial charge in [0.15, 0.2) is 0 Å². The normalized spacial score (nSPS) is 11.9. The predicted octanol–water partition coefficient (Wildman–Crippen LogP) is 2.13. The van der Waals surface area contributed by atoms with E-state index in [-0.39, 0.29) is 0 Å². The molecule has 0 spiro atoms. The lowest BCUT2D eigenvalue weighted by molar-refractivity contribution is 0.550. The highest BCUT2D eigenvalue weighted by atomic mass is 32.2. The summed E-state index contributed by atoms with van der Waals surface area (Å²) >= 11 is 1.90. The maximum absolute atomic E-state index is 3.48. The van der Waals surface area contributed by atoms with Crippen LogP contribution in [0.25, 0.3) is 0 Å². The molecular formula is C10H19NS. The van der Waals surface area contributed by atoms with Crippen molar-refractivity contribution in [3.8, 4) is 11.8 Å². The van der Waals surface area contributed by atoms with E-state index in [0.717, 1.165) is 13.0 Å². The lowest BCUT2D eigenvalue weighted by Crippen LogP contribution is -2.31. The van der Waals surface area contributed by atoms with Gasteiger partial charge in [0.1, 0.15) is 0 Å². The first-order valence-corrected chi connectivity index (χ1v) is 5.86. The zero-order chi connectivity index (χ0) is 9.23. The molecule has 1 nitrogen and oxygen atoms in total. The van der Waals surface area contributed by atoms with Gasteiger partial charge >= 0.3 is 0 Å². The Bertz CT molecular complexity index is 146. The van der Waals surface area contributed by atoms with Crippen LogP contribution >= 0.6 is 11.8 Å². The Morgan fingerprint density at radius 2 is 2.25 bits per heavy atom. The fourth-order valence-corrected chi connectivity index (χ4v) is 1.74. The van der Waals surface area contributed by atoms with Gasteiger partial charge in [-0.2, -0.15) is 11.8 Å². The monoisotopic (exact) mass is 185 g/mol. The van der Waals surface area contributed by atoms with Crippen molar-refractivity contribution in [3.05, 3.63) is 0 Å². The molecule has 0 aliphatic carbocycles. The predicted molar refractivity (Wildman–Crippen MR) is 58.5 cm³/mol. The highest BCUT2D eigenvalue weighted by Gasteiger charge is 2.01. The van der Waals surface area contributed by atoms with E-state index in [1.54, 1.807) is 0 Å². The molecule has 1 unspecified atom stereocenters. The van der Waals surface area contributed by atoms with E-state index in [4.69, 9.17) is 0 Å². The van der Waals surface area contributed by atoms with Gasteiger partial charge in [-0.3, -0.25) is 0 Å². The Balaban J connectivity index is 3.35. The van der Waals surface area contributed by atoms with Crippen LogP contribution in [0.2, 0.25) is 0 Å². The molecule has 0 saturated heterocycles. The van der Waals surface area contributed by atoms with Crippen molar-refractivity contribution in [1.29, 1.82) is 0 Å². The van der Waals surface area contributed by atoms with Gasteiger partial charge < -0.3 is 5.32 Å². The lowest BCUT2D eigenvalue weighted by Gasteiger charge is -2.14. The van der Waals surface area contributed by atoms with Crippen molar-refractivity contribution >= 4 is 11.8 Å². The van der Waals surface area contributed by atoms with Crippen LogP contribution in [0, 0.1) is 11.8 Å². The van der Waals surface area contributed by atoms with Gasteiger partial charge in [0, 0.05) is 24.8 Å². The van der Waals surface area contributed by atoms with Crippen molar-refractivity contribution in [2.75, 3.05) is 18.6 Å². The molecule has 1 atom stereocenters. The first-order valence-electron chi connectivity index (χ1n) is 4.47. The second-order valence-electron chi connectivity index (χ2n) is 2.69. The van der Waals surface area contributed by atoms with Crippen LogP contribution < -0.4 is 5.32 Å². The van der Waals surface area contributed by atoms with Gasteiger partial charge in [-0.15, -0.1) is 11.8 Å². The van der Waals surface area contributed by atoms with E-state index in [1.807, 2.05) is 18.7 Å². The molecule has 0 aromatic carbocycles. The largest absolute Gasteiger partial charge is 0.312 e. The van der Waals surface area contributed by atoms with Crippen LogP contribution in [0.5, 0.6) is 0 Å². The van der Waals surface area contributed by atoms with E-state index in [2.05, 4.69) is 30.3 Å². The standard InChI is InChI=1S/C10H19NS/c1-4-6-7-8-11-10(5-2)9-12-3/h10-11H,5,7-9H2,1-3H3. The molecule has 0 aliphatic heterocycles. The SMILES string of the molecule is CC#CCCNC(CC)CSC. The molecule has 0 aliphatic rings. The quantitative estimate of drug-likeness (QED) is 0.502. The summed E-state index contributed by atoms with van der Waals surface area (Å²) in [5, 5.41) is 3.48. The molecule has 0 amide bonds. The van der Waals surface area contributed by atoms with Crippen LogP contribution in [0.3, 0.4) is 0 Å². The molecule has 0 radical (unpaired) electrons. The van der Waals surface area contributed by atoms with Gasteiger partial charge in [-0.05, 0) is 19.6 Å². The summed E-state index contributed by atoms with van der Waals surface area (Å²) in [4.78, 5) is 0. The van der Waals surface area contributed by atoms with Crippen LogP contribution in [0.15, 0.2) is 0 Å². The molecule has 0 aromatic rings. The van der Waals surface area contributed by atoms with Crippen LogP contribution in [0.4, 0.5) is 0 Å². The Hall–Kier alpha value is -0.130. The van der Waals surface area contributed by atoms with Crippen molar-refractivity contribution in [2.45, 2.75) is 32.7 Å². The Labute approximate surface area is 80.7 Å². The van der Waals surface area contributed by atoms with E-state index in [1.165, 1.54) is 12.2 Å². The second-order valence-corrected chi connectivity index (χ2v) is 3.60. The van der Waals surface area contributed by atoms with Crippen molar-refractivity contribution < 1.29 is 0 Å². The Morgan fingerprint density at radius 3 is 2.75 bits per heavy atom. The number of thioether (sulfide) groups is 1. The second kappa shape index (κ2) is 8.96. The van der Waals surface area contributed by atoms with E-state index in [9.17, 15) is 0 Å². The van der Waals surface area contributed by atoms with Crippen molar-refractivity contribution in [3.63, 3.8) is 0 Å². The molecule has 0 rings (SSSR count). The number of hydrogen-bond donors (Lipinski definition) is 1. The summed E-state index contributed by atoms with van der Waals surface area (Å²) in [5.74, 6) is 7.15. The minimum absolute atomic E-state index is 0.665. The minimum atomic E-state index is 0.665. The summed E-state index contributed by atoms with van der Waals surface area (Å²) in [6, 6.07) is 0.665.